The summed E-state index contributed by atoms with van der Waals surface area (Å²) in [7, 11) is 0. The van der Waals surface area contributed by atoms with Crippen LogP contribution in [0.5, 0.6) is 0 Å². The van der Waals surface area contributed by atoms with E-state index in [1.165, 1.54) is 0 Å². The van der Waals surface area contributed by atoms with Gasteiger partial charge in [-0.2, -0.15) is 0 Å². The topological polar surface area (TPSA) is 49.4 Å². The lowest BCUT2D eigenvalue weighted by molar-refractivity contribution is -0.128. The van der Waals surface area contributed by atoms with Crippen molar-refractivity contribution in [3.05, 3.63) is 107 Å². The Morgan fingerprint density at radius 1 is 0.970 bits per heavy atom. The molecule has 1 N–H and O–H groups in total. The van der Waals surface area contributed by atoms with E-state index in [9.17, 15) is 9.59 Å². The summed E-state index contributed by atoms with van der Waals surface area (Å²) in [5.41, 5.74) is 3.91. The quantitative estimate of drug-likeness (QED) is 0.452. The van der Waals surface area contributed by atoms with Gasteiger partial charge in [0.15, 0.2) is 0 Å². The monoisotopic (exact) mass is 458 g/mol. The van der Waals surface area contributed by atoms with Gasteiger partial charge < -0.3 is 10.2 Å². The molecule has 3 aromatic rings. The summed E-state index contributed by atoms with van der Waals surface area (Å²) in [5, 5.41) is 3.18. The number of nitrogens with one attached hydrogen (secondary N) is 1. The van der Waals surface area contributed by atoms with Crippen LogP contribution in [0.1, 0.15) is 58.7 Å². The predicted molar refractivity (Wildman–Crippen MR) is 135 cm³/mol. The van der Waals surface area contributed by atoms with Crippen LogP contribution in [0.4, 0.5) is 0 Å². The zero-order valence-electron chi connectivity index (χ0n) is 19.1. The van der Waals surface area contributed by atoms with E-state index in [2.05, 4.69) is 31.3 Å². The molecule has 2 unspecified atom stereocenters. The molecule has 1 saturated heterocycles. The summed E-state index contributed by atoms with van der Waals surface area (Å²) in [4.78, 5) is 27.5. The Kier molecular flexibility index (Phi) is 7.50. The smallest absolute Gasteiger partial charge is 0.251 e. The fourth-order valence-corrected chi connectivity index (χ4v) is 5.34. The third-order valence-corrected chi connectivity index (χ3v) is 7.09. The first-order valence-electron chi connectivity index (χ1n) is 11.4. The number of carbonyl (C=O) groups is 2. The molecule has 2 amide bonds. The minimum absolute atomic E-state index is 0.0252. The van der Waals surface area contributed by atoms with Crippen LogP contribution in [-0.4, -0.2) is 22.5 Å². The number of hydrogen-bond donors (Lipinski definition) is 1. The second-order valence-corrected chi connectivity index (χ2v) is 9.93. The van der Waals surface area contributed by atoms with Crippen molar-refractivity contribution < 1.29 is 9.59 Å². The van der Waals surface area contributed by atoms with Crippen molar-refractivity contribution in [2.75, 3.05) is 5.75 Å². The molecular weight excluding hydrogens is 428 g/mol. The Balaban J connectivity index is 1.46. The van der Waals surface area contributed by atoms with E-state index in [1.807, 2.05) is 77.7 Å². The molecular formula is C28H30N2O2S. The molecule has 1 aliphatic rings. The van der Waals surface area contributed by atoms with Crippen molar-refractivity contribution >= 4 is 23.6 Å². The molecule has 0 radical (unpaired) electrons. The average Bonchev–Trinajstić information content (AvgIpc) is 3.19. The van der Waals surface area contributed by atoms with Gasteiger partial charge in [0.05, 0.1) is 11.8 Å². The van der Waals surface area contributed by atoms with Gasteiger partial charge in [-0.15, -0.1) is 11.8 Å². The zero-order valence-corrected chi connectivity index (χ0v) is 19.9. The molecule has 2 atom stereocenters. The lowest BCUT2D eigenvalue weighted by Crippen LogP contribution is -2.29. The summed E-state index contributed by atoms with van der Waals surface area (Å²) < 4.78 is 0. The second kappa shape index (κ2) is 10.7. The number of carbonyl (C=O) groups excluding carboxylic acids is 2. The van der Waals surface area contributed by atoms with Crippen LogP contribution >= 0.6 is 11.8 Å². The molecule has 1 aliphatic heterocycles. The fraction of sp³-hybridized carbons (Fsp3) is 0.286. The van der Waals surface area contributed by atoms with E-state index in [0.717, 1.165) is 23.1 Å². The second-order valence-electron chi connectivity index (χ2n) is 8.86. The Morgan fingerprint density at radius 2 is 1.61 bits per heavy atom. The van der Waals surface area contributed by atoms with Crippen molar-refractivity contribution in [1.29, 1.82) is 0 Å². The normalized spacial score (nSPS) is 16.8. The van der Waals surface area contributed by atoms with Gasteiger partial charge in [-0.1, -0.05) is 86.6 Å². The van der Waals surface area contributed by atoms with Crippen molar-refractivity contribution in [3.63, 3.8) is 0 Å². The Bertz CT molecular complexity index is 1070. The molecule has 33 heavy (non-hydrogen) atoms. The Labute approximate surface area is 200 Å². The lowest BCUT2D eigenvalue weighted by Gasteiger charge is -2.25. The van der Waals surface area contributed by atoms with Gasteiger partial charge in [0.25, 0.3) is 5.91 Å². The first kappa shape index (κ1) is 23.1. The standard InChI is InChI=1S/C28H30N2O2S/c1-20(2)17-25(22-11-7-4-8-12-22)29-27(32)23-13-15-24(16-14-23)28-30(26(31)19-33-28)18-21-9-5-3-6-10-21/h3-16,20,25,28H,17-19H2,1-2H3,(H,29,32). The molecule has 1 fully saturated rings. The largest absolute Gasteiger partial charge is 0.345 e. The van der Waals surface area contributed by atoms with Crippen molar-refractivity contribution in [2.45, 2.75) is 38.2 Å². The van der Waals surface area contributed by atoms with Gasteiger partial charge in [-0.3, -0.25) is 9.59 Å². The van der Waals surface area contributed by atoms with Crippen LogP contribution in [0.15, 0.2) is 84.9 Å². The molecule has 0 spiro atoms. The van der Waals surface area contributed by atoms with Crippen LogP contribution in [0, 0.1) is 5.92 Å². The first-order valence-corrected chi connectivity index (χ1v) is 12.5. The van der Waals surface area contributed by atoms with E-state index in [1.54, 1.807) is 11.8 Å². The van der Waals surface area contributed by atoms with Gasteiger partial charge in [0, 0.05) is 12.1 Å². The maximum atomic E-state index is 13.0. The van der Waals surface area contributed by atoms with E-state index in [0.29, 0.717) is 23.8 Å². The van der Waals surface area contributed by atoms with E-state index in [-0.39, 0.29) is 23.2 Å². The summed E-state index contributed by atoms with van der Waals surface area (Å²) in [5.74, 6) is 1.01. The molecule has 4 rings (SSSR count). The number of rotatable bonds is 8. The predicted octanol–water partition coefficient (Wildman–Crippen LogP) is 5.98. The summed E-state index contributed by atoms with van der Waals surface area (Å²) in [6.07, 6.45) is 0.878. The molecule has 3 aromatic carbocycles. The highest BCUT2D eigenvalue weighted by molar-refractivity contribution is 8.00. The summed E-state index contributed by atoms with van der Waals surface area (Å²) >= 11 is 1.64. The minimum Gasteiger partial charge on any atom is -0.345 e. The first-order chi connectivity index (χ1) is 16.0. The molecule has 4 nitrogen and oxygen atoms in total. The maximum absolute atomic E-state index is 13.0. The van der Waals surface area contributed by atoms with Gasteiger partial charge >= 0.3 is 0 Å². The minimum atomic E-state index is -0.0765. The van der Waals surface area contributed by atoms with Crippen molar-refractivity contribution in [3.8, 4) is 0 Å². The van der Waals surface area contributed by atoms with Gasteiger partial charge in [-0.25, -0.2) is 0 Å². The average molecular weight is 459 g/mol. The van der Waals surface area contributed by atoms with Gasteiger partial charge in [0.2, 0.25) is 5.91 Å². The molecule has 1 heterocycles. The van der Waals surface area contributed by atoms with Gasteiger partial charge in [-0.05, 0) is 41.2 Å². The highest BCUT2D eigenvalue weighted by Gasteiger charge is 2.32. The van der Waals surface area contributed by atoms with Crippen LogP contribution in [0.2, 0.25) is 0 Å². The summed E-state index contributed by atoms with van der Waals surface area (Å²) in [6.45, 7) is 4.92. The van der Waals surface area contributed by atoms with E-state index >= 15 is 0 Å². The van der Waals surface area contributed by atoms with Gasteiger partial charge in [0.1, 0.15) is 5.37 Å². The van der Waals surface area contributed by atoms with Crippen LogP contribution in [0.3, 0.4) is 0 Å². The SMILES string of the molecule is CC(C)CC(NC(=O)c1ccc(C2SCC(=O)N2Cc2ccccc2)cc1)c1ccccc1. The van der Waals surface area contributed by atoms with Crippen molar-refractivity contribution in [1.82, 2.24) is 10.2 Å². The summed E-state index contributed by atoms with van der Waals surface area (Å²) in [6, 6.07) is 27.8. The number of benzene rings is 3. The zero-order chi connectivity index (χ0) is 23.2. The molecule has 0 saturated carbocycles. The fourth-order valence-electron chi connectivity index (χ4n) is 4.16. The van der Waals surface area contributed by atoms with Crippen molar-refractivity contribution in [2.24, 2.45) is 5.92 Å². The molecule has 0 bridgehead atoms. The van der Waals surface area contributed by atoms with Crippen LogP contribution in [-0.2, 0) is 11.3 Å². The Morgan fingerprint density at radius 3 is 2.24 bits per heavy atom. The highest BCUT2D eigenvalue weighted by atomic mass is 32.2. The maximum Gasteiger partial charge on any atom is 0.251 e. The van der Waals surface area contributed by atoms with E-state index in [4.69, 9.17) is 0 Å². The third kappa shape index (κ3) is 5.85. The van der Waals surface area contributed by atoms with Crippen LogP contribution < -0.4 is 5.32 Å². The van der Waals surface area contributed by atoms with Crippen LogP contribution in [0.25, 0.3) is 0 Å². The molecule has 170 valence electrons. The third-order valence-electron chi connectivity index (χ3n) is 5.84. The number of thioether (sulfide) groups is 1. The molecule has 0 aromatic heterocycles. The number of nitrogens with zero attached hydrogens (tertiary/aromatic N) is 1. The van der Waals surface area contributed by atoms with E-state index < -0.39 is 0 Å². The number of hydrogen-bond acceptors (Lipinski definition) is 3. The molecule has 0 aliphatic carbocycles. The highest BCUT2D eigenvalue weighted by Crippen LogP contribution is 2.39. The Hall–Kier alpha value is -3.05. The lowest BCUT2D eigenvalue weighted by atomic mass is 9.96. The molecule has 5 heteroatoms. The number of amides is 2.